The molecule has 0 saturated heterocycles. The highest BCUT2D eigenvalue weighted by molar-refractivity contribution is 7.91. The highest BCUT2D eigenvalue weighted by Gasteiger charge is 2.34. The molecule has 1 fully saturated rings. The van der Waals surface area contributed by atoms with E-state index in [1.54, 1.807) is 19.2 Å². The molecule has 0 amide bonds. The minimum Gasteiger partial charge on any atom is -0.313 e. The zero-order chi connectivity index (χ0) is 15.6. The molecule has 1 aromatic rings. The largest absolute Gasteiger partial charge is 0.313 e. The molecule has 1 aromatic carbocycles. The lowest BCUT2D eigenvalue weighted by Crippen LogP contribution is -2.34. The lowest BCUT2D eigenvalue weighted by atomic mass is 9.81. The van der Waals surface area contributed by atoms with Gasteiger partial charge in [-0.2, -0.15) is 0 Å². The molecule has 0 bridgehead atoms. The topological polar surface area (TPSA) is 46.2 Å². The standard InChI is InChI=1S/C15H21ClFNO2S/c1-18-15(13-7-6-11(16)9-14(13)17)10-4-3-5-12(8-10)21(2,19)20/h6-7,9-10,12,15,18H,3-5,8H2,1-2H3. The molecule has 0 heterocycles. The highest BCUT2D eigenvalue weighted by Crippen LogP contribution is 2.37. The van der Waals surface area contributed by atoms with Crippen molar-refractivity contribution in [2.24, 2.45) is 5.92 Å². The number of benzene rings is 1. The van der Waals surface area contributed by atoms with Crippen LogP contribution in [0.25, 0.3) is 0 Å². The Hall–Kier alpha value is -0.650. The van der Waals surface area contributed by atoms with E-state index in [2.05, 4.69) is 5.32 Å². The molecule has 21 heavy (non-hydrogen) atoms. The second kappa shape index (κ2) is 6.63. The van der Waals surface area contributed by atoms with Gasteiger partial charge in [0.15, 0.2) is 0 Å². The Morgan fingerprint density at radius 1 is 1.38 bits per heavy atom. The van der Waals surface area contributed by atoms with Crippen molar-refractivity contribution in [2.75, 3.05) is 13.3 Å². The second-order valence-corrected chi connectivity index (χ2v) is 8.57. The van der Waals surface area contributed by atoms with Crippen LogP contribution >= 0.6 is 11.6 Å². The summed E-state index contributed by atoms with van der Waals surface area (Å²) in [5, 5.41) is 3.19. The van der Waals surface area contributed by atoms with Crippen LogP contribution in [0.2, 0.25) is 5.02 Å². The van der Waals surface area contributed by atoms with E-state index in [0.717, 1.165) is 12.8 Å². The van der Waals surface area contributed by atoms with Gasteiger partial charge in [-0.15, -0.1) is 0 Å². The molecule has 0 aliphatic heterocycles. The SMILES string of the molecule is CNC(c1ccc(Cl)cc1F)C1CCCC(S(C)(=O)=O)C1. The van der Waals surface area contributed by atoms with Crippen LogP contribution < -0.4 is 5.32 Å². The van der Waals surface area contributed by atoms with Crippen molar-refractivity contribution < 1.29 is 12.8 Å². The summed E-state index contributed by atoms with van der Waals surface area (Å²) in [4.78, 5) is 0. The Labute approximate surface area is 130 Å². The predicted octanol–water partition coefficient (Wildman–Crippen LogP) is 3.34. The third-order valence-corrected chi connectivity index (χ3v) is 6.23. The Morgan fingerprint density at radius 3 is 2.67 bits per heavy atom. The van der Waals surface area contributed by atoms with Crippen LogP contribution in [0.15, 0.2) is 18.2 Å². The van der Waals surface area contributed by atoms with E-state index in [-0.39, 0.29) is 23.0 Å². The van der Waals surface area contributed by atoms with E-state index in [1.807, 2.05) is 0 Å². The second-order valence-electron chi connectivity index (χ2n) is 5.81. The lowest BCUT2D eigenvalue weighted by Gasteiger charge is -2.34. The van der Waals surface area contributed by atoms with Crippen LogP contribution in [0, 0.1) is 11.7 Å². The molecule has 1 saturated carbocycles. The van der Waals surface area contributed by atoms with E-state index in [9.17, 15) is 12.8 Å². The van der Waals surface area contributed by atoms with Crippen LogP contribution in [0.1, 0.15) is 37.3 Å². The van der Waals surface area contributed by atoms with E-state index in [0.29, 0.717) is 23.4 Å². The van der Waals surface area contributed by atoms with Crippen LogP contribution in [0.4, 0.5) is 4.39 Å². The molecule has 6 heteroatoms. The number of sulfone groups is 1. The fourth-order valence-electron chi connectivity index (χ4n) is 3.27. The zero-order valence-electron chi connectivity index (χ0n) is 12.3. The Bertz CT molecular complexity index is 606. The summed E-state index contributed by atoms with van der Waals surface area (Å²) in [6.07, 6.45) is 4.33. The van der Waals surface area contributed by atoms with E-state index in [4.69, 9.17) is 11.6 Å². The van der Waals surface area contributed by atoms with Crippen molar-refractivity contribution in [3.8, 4) is 0 Å². The van der Waals surface area contributed by atoms with Gasteiger partial charge >= 0.3 is 0 Å². The molecule has 1 aliphatic rings. The highest BCUT2D eigenvalue weighted by atomic mass is 35.5. The number of nitrogens with one attached hydrogen (secondary N) is 1. The number of hydrogen-bond donors (Lipinski definition) is 1. The third kappa shape index (κ3) is 3.96. The fraction of sp³-hybridized carbons (Fsp3) is 0.600. The smallest absolute Gasteiger partial charge is 0.150 e. The molecule has 0 spiro atoms. The Balaban J connectivity index is 2.24. The van der Waals surface area contributed by atoms with Crippen LogP contribution in [-0.2, 0) is 9.84 Å². The molecule has 0 radical (unpaired) electrons. The van der Waals surface area contributed by atoms with Crippen molar-refractivity contribution in [1.29, 1.82) is 0 Å². The number of rotatable bonds is 4. The van der Waals surface area contributed by atoms with Crippen LogP contribution in [0.5, 0.6) is 0 Å². The average molecular weight is 334 g/mol. The molecule has 3 nitrogen and oxygen atoms in total. The zero-order valence-corrected chi connectivity index (χ0v) is 13.8. The maximum atomic E-state index is 14.1. The first-order valence-corrected chi connectivity index (χ1v) is 9.47. The van der Waals surface area contributed by atoms with Gasteiger partial charge in [0.2, 0.25) is 0 Å². The van der Waals surface area contributed by atoms with Gasteiger partial charge in [-0.1, -0.05) is 24.1 Å². The average Bonchev–Trinajstić information content (AvgIpc) is 2.41. The predicted molar refractivity (Wildman–Crippen MR) is 83.8 cm³/mol. The maximum Gasteiger partial charge on any atom is 0.150 e. The molecular weight excluding hydrogens is 313 g/mol. The number of halogens is 2. The Kier molecular flexibility index (Phi) is 5.28. The van der Waals surface area contributed by atoms with Gasteiger partial charge in [0.25, 0.3) is 0 Å². The van der Waals surface area contributed by atoms with Gasteiger partial charge in [-0.25, -0.2) is 12.8 Å². The molecule has 1 N–H and O–H groups in total. The minimum absolute atomic E-state index is 0.110. The summed E-state index contributed by atoms with van der Waals surface area (Å²) in [6, 6.07) is 4.47. The van der Waals surface area contributed by atoms with Gasteiger partial charge in [-0.3, -0.25) is 0 Å². The summed E-state index contributed by atoms with van der Waals surface area (Å²) >= 11 is 5.79. The lowest BCUT2D eigenvalue weighted by molar-refractivity contribution is 0.278. The number of hydrogen-bond acceptors (Lipinski definition) is 3. The van der Waals surface area contributed by atoms with Gasteiger partial charge in [0.1, 0.15) is 15.7 Å². The molecular formula is C15H21ClFNO2S. The molecule has 3 unspecified atom stereocenters. The van der Waals surface area contributed by atoms with Gasteiger partial charge < -0.3 is 5.32 Å². The van der Waals surface area contributed by atoms with Crippen LogP contribution in [-0.4, -0.2) is 27.0 Å². The van der Waals surface area contributed by atoms with Crippen molar-refractivity contribution in [1.82, 2.24) is 5.32 Å². The quantitative estimate of drug-likeness (QED) is 0.919. The first kappa shape index (κ1) is 16.7. The first-order valence-electron chi connectivity index (χ1n) is 7.14. The van der Waals surface area contributed by atoms with Gasteiger partial charge in [0, 0.05) is 22.9 Å². The summed E-state index contributed by atoms with van der Waals surface area (Å²) < 4.78 is 37.7. The molecule has 3 atom stereocenters. The molecule has 2 rings (SSSR count). The minimum atomic E-state index is -3.04. The van der Waals surface area contributed by atoms with E-state index in [1.165, 1.54) is 12.3 Å². The summed E-state index contributed by atoms with van der Waals surface area (Å²) in [7, 11) is -1.26. The summed E-state index contributed by atoms with van der Waals surface area (Å²) in [6.45, 7) is 0. The van der Waals surface area contributed by atoms with Crippen molar-refractivity contribution in [3.63, 3.8) is 0 Å². The first-order chi connectivity index (χ1) is 9.82. The van der Waals surface area contributed by atoms with Crippen molar-refractivity contribution in [3.05, 3.63) is 34.6 Å². The van der Waals surface area contributed by atoms with Crippen molar-refractivity contribution in [2.45, 2.75) is 37.0 Å². The van der Waals surface area contributed by atoms with Gasteiger partial charge in [-0.05, 0) is 44.4 Å². The van der Waals surface area contributed by atoms with Crippen LogP contribution in [0.3, 0.4) is 0 Å². The maximum absolute atomic E-state index is 14.1. The summed E-state index contributed by atoms with van der Waals surface area (Å²) in [5.41, 5.74) is 0.557. The molecule has 1 aliphatic carbocycles. The van der Waals surface area contributed by atoms with E-state index < -0.39 is 9.84 Å². The molecule has 0 aromatic heterocycles. The third-order valence-electron chi connectivity index (χ3n) is 4.35. The monoisotopic (exact) mass is 333 g/mol. The summed E-state index contributed by atoms with van der Waals surface area (Å²) in [5.74, 6) is -0.234. The Morgan fingerprint density at radius 2 is 2.10 bits per heavy atom. The van der Waals surface area contributed by atoms with Crippen molar-refractivity contribution >= 4 is 21.4 Å². The normalized spacial score (nSPS) is 24.8. The fourth-order valence-corrected chi connectivity index (χ4v) is 4.62. The molecule has 118 valence electrons. The van der Waals surface area contributed by atoms with Gasteiger partial charge in [0.05, 0.1) is 5.25 Å². The van der Waals surface area contributed by atoms with E-state index >= 15 is 0 Å².